The van der Waals surface area contributed by atoms with E-state index < -0.39 is 23.7 Å². The van der Waals surface area contributed by atoms with Crippen LogP contribution in [0.15, 0.2) is 53.0 Å². The van der Waals surface area contributed by atoms with E-state index in [0.29, 0.717) is 0 Å². The summed E-state index contributed by atoms with van der Waals surface area (Å²) in [6.45, 7) is 0. The van der Waals surface area contributed by atoms with Crippen molar-refractivity contribution in [1.29, 1.82) is 0 Å². The molecule has 0 unspecified atom stereocenters. The maximum Gasteiger partial charge on any atom is 0.326 e. The van der Waals surface area contributed by atoms with Gasteiger partial charge in [0.15, 0.2) is 0 Å². The quantitative estimate of drug-likeness (QED) is 0.855. The van der Waals surface area contributed by atoms with Gasteiger partial charge in [0, 0.05) is 16.5 Å². The highest BCUT2D eigenvalue weighted by Gasteiger charge is 2.22. The number of hydrogen-bond donors (Lipinski definition) is 2. The lowest BCUT2D eigenvalue weighted by molar-refractivity contribution is -0.139. The minimum Gasteiger partial charge on any atom is -0.480 e. The zero-order chi connectivity index (χ0) is 16.1. The molecule has 0 aliphatic heterocycles. The van der Waals surface area contributed by atoms with Gasteiger partial charge in [-0.25, -0.2) is 9.18 Å². The highest BCUT2D eigenvalue weighted by Crippen LogP contribution is 2.17. The summed E-state index contributed by atoms with van der Waals surface area (Å²) in [6.07, 6.45) is 0.143. The van der Waals surface area contributed by atoms with Crippen LogP contribution in [-0.2, 0) is 11.2 Å². The zero-order valence-electron chi connectivity index (χ0n) is 11.4. The van der Waals surface area contributed by atoms with Gasteiger partial charge in [-0.3, -0.25) is 4.79 Å². The summed E-state index contributed by atoms with van der Waals surface area (Å²) in [5, 5.41) is 11.7. The van der Waals surface area contributed by atoms with Crippen molar-refractivity contribution in [2.75, 3.05) is 0 Å². The molecule has 0 aliphatic carbocycles. The number of carboxylic acids is 1. The fraction of sp³-hybridized carbons (Fsp3) is 0.125. The molecule has 6 heteroatoms. The van der Waals surface area contributed by atoms with Gasteiger partial charge in [-0.1, -0.05) is 34.1 Å². The first-order valence-electron chi connectivity index (χ1n) is 6.50. The molecule has 0 fully saturated rings. The van der Waals surface area contributed by atoms with Gasteiger partial charge in [0.25, 0.3) is 5.91 Å². The molecular weight excluding hydrogens is 353 g/mol. The van der Waals surface area contributed by atoms with E-state index in [1.165, 1.54) is 12.1 Å². The summed E-state index contributed by atoms with van der Waals surface area (Å²) in [7, 11) is 0. The standard InChI is InChI=1S/C16H13BrFNO3/c17-13-4-2-1-3-11(13)9-14(16(21)22)19-15(20)10-5-7-12(18)8-6-10/h1-8,14H,9H2,(H,19,20)(H,21,22)/t14-/m0/s1. The number of carboxylic acid groups (broad SMARTS) is 1. The van der Waals surface area contributed by atoms with E-state index in [1.807, 2.05) is 6.07 Å². The van der Waals surface area contributed by atoms with Crippen molar-refractivity contribution in [2.45, 2.75) is 12.5 Å². The highest BCUT2D eigenvalue weighted by atomic mass is 79.9. The number of amides is 1. The molecule has 0 saturated carbocycles. The van der Waals surface area contributed by atoms with Gasteiger partial charge in [-0.15, -0.1) is 0 Å². The molecule has 22 heavy (non-hydrogen) atoms. The number of carbonyl (C=O) groups excluding carboxylic acids is 1. The van der Waals surface area contributed by atoms with Gasteiger partial charge < -0.3 is 10.4 Å². The molecular formula is C16H13BrFNO3. The third kappa shape index (κ3) is 4.14. The second kappa shape index (κ2) is 7.17. The lowest BCUT2D eigenvalue weighted by Gasteiger charge is -2.15. The first-order chi connectivity index (χ1) is 10.5. The number of nitrogens with one attached hydrogen (secondary N) is 1. The van der Waals surface area contributed by atoms with Gasteiger partial charge in [0.1, 0.15) is 11.9 Å². The van der Waals surface area contributed by atoms with E-state index >= 15 is 0 Å². The van der Waals surface area contributed by atoms with E-state index in [9.17, 15) is 19.1 Å². The van der Waals surface area contributed by atoms with E-state index in [4.69, 9.17) is 0 Å². The second-order valence-electron chi connectivity index (χ2n) is 4.67. The Morgan fingerprint density at radius 1 is 1.14 bits per heavy atom. The number of aliphatic carboxylic acids is 1. The number of hydrogen-bond acceptors (Lipinski definition) is 2. The molecule has 0 aromatic heterocycles. The van der Waals surface area contributed by atoms with Crippen LogP contribution in [0.2, 0.25) is 0 Å². The van der Waals surface area contributed by atoms with Crippen molar-refractivity contribution in [1.82, 2.24) is 5.32 Å². The van der Waals surface area contributed by atoms with Crippen molar-refractivity contribution in [3.8, 4) is 0 Å². The molecule has 1 amide bonds. The average Bonchev–Trinajstić information content (AvgIpc) is 2.49. The third-order valence-corrected chi connectivity index (χ3v) is 3.87. The monoisotopic (exact) mass is 365 g/mol. The first-order valence-corrected chi connectivity index (χ1v) is 7.29. The molecule has 0 radical (unpaired) electrons. The first kappa shape index (κ1) is 16.2. The molecule has 0 bridgehead atoms. The normalized spacial score (nSPS) is 11.7. The number of carbonyl (C=O) groups is 2. The van der Waals surface area contributed by atoms with Crippen molar-refractivity contribution in [2.24, 2.45) is 0 Å². The summed E-state index contributed by atoms with van der Waals surface area (Å²) >= 11 is 3.35. The molecule has 0 aliphatic rings. The zero-order valence-corrected chi connectivity index (χ0v) is 13.0. The topological polar surface area (TPSA) is 66.4 Å². The van der Waals surface area contributed by atoms with Gasteiger partial charge in [0.05, 0.1) is 0 Å². The fourth-order valence-corrected chi connectivity index (χ4v) is 2.37. The van der Waals surface area contributed by atoms with Crippen molar-refractivity contribution in [3.63, 3.8) is 0 Å². The fourth-order valence-electron chi connectivity index (χ4n) is 1.93. The molecule has 114 valence electrons. The molecule has 0 spiro atoms. The molecule has 1 atom stereocenters. The van der Waals surface area contributed by atoms with E-state index in [2.05, 4.69) is 21.2 Å². The molecule has 0 heterocycles. The lowest BCUT2D eigenvalue weighted by Crippen LogP contribution is -2.42. The Kier molecular flexibility index (Phi) is 5.27. The Morgan fingerprint density at radius 3 is 2.36 bits per heavy atom. The Morgan fingerprint density at radius 2 is 1.77 bits per heavy atom. The minimum atomic E-state index is -1.13. The summed E-state index contributed by atoms with van der Waals surface area (Å²) in [5.41, 5.74) is 0.981. The predicted molar refractivity (Wildman–Crippen MR) is 83.1 cm³/mol. The van der Waals surface area contributed by atoms with Crippen LogP contribution < -0.4 is 5.32 Å². The van der Waals surface area contributed by atoms with Crippen molar-refractivity contribution in [3.05, 3.63) is 69.9 Å². The lowest BCUT2D eigenvalue weighted by atomic mass is 10.1. The smallest absolute Gasteiger partial charge is 0.326 e. The summed E-state index contributed by atoms with van der Waals surface area (Å²) < 4.78 is 13.6. The maximum atomic E-state index is 12.8. The SMILES string of the molecule is O=C(N[C@@H](Cc1ccccc1Br)C(=O)O)c1ccc(F)cc1. The maximum absolute atomic E-state index is 12.8. The third-order valence-electron chi connectivity index (χ3n) is 3.09. The van der Waals surface area contributed by atoms with Gasteiger partial charge in [-0.2, -0.15) is 0 Å². The summed E-state index contributed by atoms with van der Waals surface area (Å²) in [6, 6.07) is 11.0. The van der Waals surface area contributed by atoms with E-state index in [0.717, 1.165) is 22.2 Å². The average molecular weight is 366 g/mol. The van der Waals surface area contributed by atoms with E-state index in [-0.39, 0.29) is 12.0 Å². The number of rotatable bonds is 5. The summed E-state index contributed by atoms with van der Waals surface area (Å²) in [4.78, 5) is 23.4. The Balaban J connectivity index is 2.12. The van der Waals surface area contributed by atoms with Crippen LogP contribution in [0.1, 0.15) is 15.9 Å². The van der Waals surface area contributed by atoms with Crippen LogP contribution >= 0.6 is 15.9 Å². The molecule has 2 rings (SSSR count). The summed E-state index contributed by atoms with van der Waals surface area (Å²) in [5.74, 6) is -2.15. The Hall–Kier alpha value is -2.21. The van der Waals surface area contributed by atoms with Crippen LogP contribution in [0.5, 0.6) is 0 Å². The second-order valence-corrected chi connectivity index (χ2v) is 5.52. The molecule has 4 nitrogen and oxygen atoms in total. The molecule has 2 N–H and O–H groups in total. The molecule has 0 saturated heterocycles. The van der Waals surface area contributed by atoms with Crippen molar-refractivity contribution < 1.29 is 19.1 Å². The number of halogens is 2. The van der Waals surface area contributed by atoms with Crippen LogP contribution in [0, 0.1) is 5.82 Å². The van der Waals surface area contributed by atoms with Crippen molar-refractivity contribution >= 4 is 27.8 Å². The molecule has 2 aromatic carbocycles. The van der Waals surface area contributed by atoms with Crippen LogP contribution in [0.25, 0.3) is 0 Å². The minimum absolute atomic E-state index is 0.143. The van der Waals surface area contributed by atoms with Gasteiger partial charge in [0.2, 0.25) is 0 Å². The van der Waals surface area contributed by atoms with Gasteiger partial charge >= 0.3 is 5.97 Å². The molecule has 2 aromatic rings. The van der Waals surface area contributed by atoms with Crippen LogP contribution in [0.3, 0.4) is 0 Å². The van der Waals surface area contributed by atoms with Crippen LogP contribution in [-0.4, -0.2) is 23.0 Å². The highest BCUT2D eigenvalue weighted by molar-refractivity contribution is 9.10. The Labute approximate surface area is 135 Å². The van der Waals surface area contributed by atoms with Crippen LogP contribution in [0.4, 0.5) is 4.39 Å². The number of benzene rings is 2. The largest absolute Gasteiger partial charge is 0.480 e. The van der Waals surface area contributed by atoms with Gasteiger partial charge in [-0.05, 0) is 35.9 Å². The van der Waals surface area contributed by atoms with E-state index in [1.54, 1.807) is 18.2 Å². The predicted octanol–water partition coefficient (Wildman–Crippen LogP) is 3.01. The Bertz CT molecular complexity index is 688.